The molecule has 2 N–H and O–H groups in total. The van der Waals surface area contributed by atoms with E-state index in [0.29, 0.717) is 17.8 Å². The first-order valence-electron chi connectivity index (χ1n) is 4.69. The monoisotopic (exact) mass is 214 g/mol. The highest BCUT2D eigenvalue weighted by molar-refractivity contribution is 5.93. The second-order valence-corrected chi connectivity index (χ2v) is 3.31. The van der Waals surface area contributed by atoms with E-state index in [4.69, 9.17) is 0 Å². The number of aromatic nitrogens is 1. The molecule has 0 atom stereocenters. The lowest BCUT2D eigenvalue weighted by Gasteiger charge is -2.07. The molecule has 0 radical (unpaired) electrons. The number of aromatic hydroxyl groups is 1. The molecule has 0 saturated carbocycles. The third kappa shape index (κ3) is 1.72. The maximum absolute atomic E-state index is 10.3. The van der Waals surface area contributed by atoms with Crippen LogP contribution in [0.5, 0.6) is 5.75 Å². The Morgan fingerprint density at radius 1 is 1.44 bits per heavy atom. The Hall–Kier alpha value is -2.36. The van der Waals surface area contributed by atoms with E-state index >= 15 is 0 Å². The molecule has 1 aromatic carbocycles. The lowest BCUT2D eigenvalue weighted by Crippen LogP contribution is -2.09. The molecular weight excluding hydrogens is 204 g/mol. The highest BCUT2D eigenvalue weighted by Gasteiger charge is 2.05. The maximum atomic E-state index is 10.3. The summed E-state index contributed by atoms with van der Waals surface area (Å²) in [6, 6.07) is 6.73. The molecule has 0 aliphatic heterocycles. The number of nitrogens with zero attached hydrogens (tertiary/aromatic N) is 1. The summed E-state index contributed by atoms with van der Waals surface area (Å²) in [5.41, 5.74) is 1.04. The highest BCUT2D eigenvalue weighted by Crippen LogP contribution is 2.24. The van der Waals surface area contributed by atoms with Gasteiger partial charge in [0.05, 0.1) is 11.4 Å². The average Bonchev–Trinajstić information content (AvgIpc) is 2.28. The minimum absolute atomic E-state index is 0.193. The van der Waals surface area contributed by atoms with Gasteiger partial charge >= 0.3 is 0 Å². The fourth-order valence-corrected chi connectivity index (χ4v) is 1.55. The van der Waals surface area contributed by atoms with Gasteiger partial charge < -0.3 is 10.4 Å². The first kappa shape index (κ1) is 10.2. The number of phenols is 1. The van der Waals surface area contributed by atoms with Crippen molar-refractivity contribution in [2.24, 2.45) is 0 Å². The van der Waals surface area contributed by atoms with Crippen LogP contribution in [0, 0.1) is 0 Å². The molecule has 0 spiro atoms. The fourth-order valence-electron chi connectivity index (χ4n) is 1.55. The largest absolute Gasteiger partial charge is 0.508 e. The normalized spacial score (nSPS) is 10.0. The predicted octanol–water partition coefficient (Wildman–Crippen LogP) is 1.66. The molecule has 4 nitrogen and oxygen atoms in total. The van der Waals surface area contributed by atoms with Crippen molar-refractivity contribution in [1.82, 2.24) is 10.3 Å². The number of hydrogen-bond donors (Lipinski definition) is 2. The van der Waals surface area contributed by atoms with E-state index < -0.39 is 0 Å². The second-order valence-electron chi connectivity index (χ2n) is 3.31. The molecule has 2 rings (SSSR count). The van der Waals surface area contributed by atoms with Crippen molar-refractivity contribution in [3.8, 4) is 5.75 Å². The number of nitrogens with one attached hydrogen (secondary N) is 1. The van der Waals surface area contributed by atoms with Crippen molar-refractivity contribution >= 4 is 22.9 Å². The summed E-state index contributed by atoms with van der Waals surface area (Å²) in [4.78, 5) is 14.5. The van der Waals surface area contributed by atoms with Crippen molar-refractivity contribution in [1.29, 1.82) is 0 Å². The minimum Gasteiger partial charge on any atom is -0.508 e. The van der Waals surface area contributed by atoms with Crippen LogP contribution in [0.1, 0.15) is 5.69 Å². The molecule has 80 valence electrons. The number of hydrogen-bond acceptors (Lipinski definition) is 3. The van der Waals surface area contributed by atoms with E-state index in [1.54, 1.807) is 30.5 Å². The topological polar surface area (TPSA) is 62.2 Å². The van der Waals surface area contributed by atoms with Gasteiger partial charge in [0.2, 0.25) is 6.41 Å². The zero-order valence-electron chi connectivity index (χ0n) is 8.47. The molecule has 2 aromatic rings. The summed E-state index contributed by atoms with van der Waals surface area (Å²) in [5.74, 6) is 0.193. The van der Waals surface area contributed by atoms with Crippen LogP contribution in [0.15, 0.2) is 37.0 Å². The van der Waals surface area contributed by atoms with Gasteiger partial charge in [-0.25, -0.2) is 0 Å². The summed E-state index contributed by atoms with van der Waals surface area (Å²) in [6.07, 6.45) is 2.16. The molecule has 0 saturated heterocycles. The van der Waals surface area contributed by atoms with Gasteiger partial charge in [0, 0.05) is 11.6 Å². The molecule has 0 bridgehead atoms. The van der Waals surface area contributed by atoms with Crippen LogP contribution in [0.2, 0.25) is 0 Å². The van der Waals surface area contributed by atoms with Gasteiger partial charge in [-0.15, -0.1) is 0 Å². The summed E-state index contributed by atoms with van der Waals surface area (Å²) in [6.45, 7) is 3.72. The Kier molecular flexibility index (Phi) is 2.55. The maximum Gasteiger partial charge on any atom is 0.211 e. The fraction of sp³-hybridized carbons (Fsp3) is 0. The van der Waals surface area contributed by atoms with Crippen LogP contribution in [0.3, 0.4) is 0 Å². The third-order valence-electron chi connectivity index (χ3n) is 2.27. The molecule has 1 amide bonds. The lowest BCUT2D eigenvalue weighted by atomic mass is 10.1. The summed E-state index contributed by atoms with van der Waals surface area (Å²) < 4.78 is 0. The number of phenolic OH excluding ortho intramolecular Hbond substituents is 1. The van der Waals surface area contributed by atoms with Crippen LogP contribution in [0.4, 0.5) is 0 Å². The van der Waals surface area contributed by atoms with Gasteiger partial charge in [0.25, 0.3) is 0 Å². The number of fused-ring (bicyclic) bond motifs is 1. The number of rotatable bonds is 3. The highest BCUT2D eigenvalue weighted by atomic mass is 16.3. The van der Waals surface area contributed by atoms with Crippen LogP contribution in [-0.4, -0.2) is 16.5 Å². The van der Waals surface area contributed by atoms with E-state index in [1.807, 2.05) is 0 Å². The molecule has 1 heterocycles. The van der Waals surface area contributed by atoms with E-state index in [0.717, 1.165) is 10.8 Å². The van der Waals surface area contributed by atoms with E-state index in [9.17, 15) is 9.90 Å². The van der Waals surface area contributed by atoms with Crippen molar-refractivity contribution < 1.29 is 9.90 Å². The first-order valence-corrected chi connectivity index (χ1v) is 4.69. The second kappa shape index (κ2) is 4.02. The lowest BCUT2D eigenvalue weighted by molar-refractivity contribution is -0.108. The van der Waals surface area contributed by atoms with Crippen molar-refractivity contribution in [2.45, 2.75) is 0 Å². The standard InChI is InChI=1S/C12H10N2O2/c1-8(14-7-15)12-11-3-2-10(16)6-9(11)4-5-13-12/h2-7,16H,1H2,(H,14,15). The molecule has 4 heteroatoms. The summed E-state index contributed by atoms with van der Waals surface area (Å²) in [7, 11) is 0. The van der Waals surface area contributed by atoms with E-state index in [2.05, 4.69) is 16.9 Å². The van der Waals surface area contributed by atoms with Crippen molar-refractivity contribution in [2.75, 3.05) is 0 Å². The quantitative estimate of drug-likeness (QED) is 0.764. The van der Waals surface area contributed by atoms with Gasteiger partial charge in [-0.05, 0) is 29.7 Å². The van der Waals surface area contributed by atoms with Crippen LogP contribution < -0.4 is 5.32 Å². The van der Waals surface area contributed by atoms with Crippen molar-refractivity contribution in [3.63, 3.8) is 0 Å². The Morgan fingerprint density at radius 3 is 3.00 bits per heavy atom. The zero-order valence-corrected chi connectivity index (χ0v) is 8.47. The Labute approximate surface area is 92.2 Å². The van der Waals surface area contributed by atoms with E-state index in [-0.39, 0.29) is 5.75 Å². The number of benzene rings is 1. The first-order chi connectivity index (χ1) is 7.72. The van der Waals surface area contributed by atoms with Gasteiger partial charge in [-0.2, -0.15) is 0 Å². The van der Waals surface area contributed by atoms with Gasteiger partial charge in [0.15, 0.2) is 0 Å². The molecular formula is C12H10N2O2. The number of pyridine rings is 1. The average molecular weight is 214 g/mol. The van der Waals surface area contributed by atoms with Crippen LogP contribution in [0.25, 0.3) is 16.5 Å². The molecule has 1 aromatic heterocycles. The van der Waals surface area contributed by atoms with Gasteiger partial charge in [-0.1, -0.05) is 6.58 Å². The van der Waals surface area contributed by atoms with E-state index in [1.165, 1.54) is 0 Å². The Morgan fingerprint density at radius 2 is 2.25 bits per heavy atom. The predicted molar refractivity (Wildman–Crippen MR) is 61.6 cm³/mol. The summed E-state index contributed by atoms with van der Waals surface area (Å²) in [5, 5.41) is 13.5. The number of amides is 1. The van der Waals surface area contributed by atoms with Crippen LogP contribution in [-0.2, 0) is 4.79 Å². The smallest absolute Gasteiger partial charge is 0.211 e. The van der Waals surface area contributed by atoms with Crippen LogP contribution >= 0.6 is 0 Å². The molecule has 0 aliphatic rings. The molecule has 0 unspecified atom stereocenters. The van der Waals surface area contributed by atoms with Gasteiger partial charge in [0.1, 0.15) is 5.75 Å². The van der Waals surface area contributed by atoms with Gasteiger partial charge in [-0.3, -0.25) is 9.78 Å². The van der Waals surface area contributed by atoms with Crippen molar-refractivity contribution in [3.05, 3.63) is 42.7 Å². The number of carbonyl (C=O) groups is 1. The zero-order chi connectivity index (χ0) is 11.5. The molecule has 0 aliphatic carbocycles. The summed E-state index contributed by atoms with van der Waals surface area (Å²) >= 11 is 0. The Balaban J connectivity index is 2.62. The Bertz CT molecular complexity index is 564. The third-order valence-corrected chi connectivity index (χ3v) is 2.27. The molecule has 0 fully saturated rings. The number of carbonyl (C=O) groups excluding carboxylic acids is 1. The SMILES string of the molecule is C=C(NC=O)c1nccc2cc(O)ccc12. The molecule has 16 heavy (non-hydrogen) atoms. The minimum atomic E-state index is 0.193.